The zero-order valence-corrected chi connectivity index (χ0v) is 17.4. The van der Waals surface area contributed by atoms with Gasteiger partial charge in [0.05, 0.1) is 13.2 Å². The molecule has 0 aliphatic carbocycles. The van der Waals surface area contributed by atoms with E-state index in [4.69, 9.17) is 26.8 Å². The number of ether oxygens (including phenoxy) is 2. The van der Waals surface area contributed by atoms with Gasteiger partial charge in [-0.1, -0.05) is 18.2 Å². The van der Waals surface area contributed by atoms with Crippen LogP contribution >= 0.6 is 12.2 Å². The zero-order valence-electron chi connectivity index (χ0n) is 16.6. The zero-order chi connectivity index (χ0) is 20.9. The minimum absolute atomic E-state index is 0.322. The summed E-state index contributed by atoms with van der Waals surface area (Å²) in [6.45, 7) is 5.24. The Bertz CT molecular complexity index is 800. The van der Waals surface area contributed by atoms with Gasteiger partial charge in [0, 0.05) is 11.4 Å². The van der Waals surface area contributed by atoms with Crippen molar-refractivity contribution < 1.29 is 14.6 Å². The van der Waals surface area contributed by atoms with Crippen molar-refractivity contribution in [3.8, 4) is 17.2 Å². The van der Waals surface area contributed by atoms with Crippen LogP contribution in [0.4, 0.5) is 11.4 Å². The van der Waals surface area contributed by atoms with Crippen molar-refractivity contribution in [1.82, 2.24) is 0 Å². The number of nitrogens with one attached hydrogen (secondary N) is 2. The highest BCUT2D eigenvalue weighted by molar-refractivity contribution is 7.80. The molecule has 3 N–H and O–H groups in total. The largest absolute Gasteiger partial charge is 0.508 e. The summed E-state index contributed by atoms with van der Waals surface area (Å²) in [6.07, 6.45) is 0. The molecule has 152 valence electrons. The molecule has 0 spiro atoms. The number of phenolic OH excluding ortho intramolecular Hbond substituents is 1. The lowest BCUT2D eigenvalue weighted by molar-refractivity contribution is 0.340. The lowest BCUT2D eigenvalue weighted by Gasteiger charge is -2.12. The van der Waals surface area contributed by atoms with E-state index < -0.39 is 0 Å². The number of hydrogen-bond acceptors (Lipinski definition) is 4. The molecule has 0 unspecified atom stereocenters. The summed E-state index contributed by atoms with van der Waals surface area (Å²) in [4.78, 5) is 0. The number of phenols is 1. The molecule has 0 amide bonds. The molecule has 3 aromatic rings. The lowest BCUT2D eigenvalue weighted by atomic mass is 10.3. The molecule has 0 saturated carbocycles. The predicted octanol–water partition coefficient (Wildman–Crippen LogP) is 5.69. The second-order valence-corrected chi connectivity index (χ2v) is 6.24. The molecule has 0 saturated heterocycles. The molecule has 3 rings (SSSR count). The quantitative estimate of drug-likeness (QED) is 0.454. The van der Waals surface area contributed by atoms with E-state index in [2.05, 4.69) is 10.6 Å². The molecule has 0 heterocycles. The highest BCUT2D eigenvalue weighted by Crippen LogP contribution is 2.18. The molecule has 0 radical (unpaired) electrons. The van der Waals surface area contributed by atoms with Crippen LogP contribution in [0.15, 0.2) is 78.9 Å². The minimum Gasteiger partial charge on any atom is -0.508 e. The number of para-hydroxylation sites is 1. The number of anilines is 2. The molecule has 0 fully saturated rings. The van der Waals surface area contributed by atoms with Crippen LogP contribution in [0.25, 0.3) is 0 Å². The SMILES string of the molecule is CCOc1ccc(NC(=S)Nc2ccc(OCC)cc2)cc1.Oc1ccccc1. The molecule has 0 bridgehead atoms. The molecule has 0 aliphatic heterocycles. The van der Waals surface area contributed by atoms with Gasteiger partial charge in [-0.25, -0.2) is 0 Å². The first-order chi connectivity index (χ1) is 14.1. The number of benzene rings is 3. The molecule has 5 nitrogen and oxygen atoms in total. The maximum absolute atomic E-state index is 8.63. The summed E-state index contributed by atoms with van der Waals surface area (Å²) in [6, 6.07) is 24.1. The van der Waals surface area contributed by atoms with Crippen molar-refractivity contribution in [2.24, 2.45) is 0 Å². The van der Waals surface area contributed by atoms with Gasteiger partial charge < -0.3 is 25.2 Å². The van der Waals surface area contributed by atoms with Crippen molar-refractivity contribution in [2.75, 3.05) is 23.8 Å². The second-order valence-electron chi connectivity index (χ2n) is 5.83. The van der Waals surface area contributed by atoms with Gasteiger partial charge in [-0.2, -0.15) is 0 Å². The number of thiocarbonyl (C=S) groups is 1. The highest BCUT2D eigenvalue weighted by atomic mass is 32.1. The predicted molar refractivity (Wildman–Crippen MR) is 123 cm³/mol. The third-order valence-electron chi connectivity index (χ3n) is 3.60. The van der Waals surface area contributed by atoms with E-state index >= 15 is 0 Å². The van der Waals surface area contributed by atoms with Crippen LogP contribution in [0.2, 0.25) is 0 Å². The summed E-state index contributed by atoms with van der Waals surface area (Å²) in [5.41, 5.74) is 1.82. The topological polar surface area (TPSA) is 62.8 Å². The minimum atomic E-state index is 0.322. The highest BCUT2D eigenvalue weighted by Gasteiger charge is 2.00. The normalized spacial score (nSPS) is 9.59. The van der Waals surface area contributed by atoms with Crippen molar-refractivity contribution >= 4 is 28.7 Å². The van der Waals surface area contributed by atoms with Crippen molar-refractivity contribution in [3.05, 3.63) is 78.9 Å². The van der Waals surface area contributed by atoms with Crippen LogP contribution in [0, 0.1) is 0 Å². The maximum Gasteiger partial charge on any atom is 0.175 e. The number of rotatable bonds is 6. The van der Waals surface area contributed by atoms with E-state index in [1.807, 2.05) is 68.4 Å². The van der Waals surface area contributed by atoms with E-state index in [1.165, 1.54) is 0 Å². The van der Waals surface area contributed by atoms with Gasteiger partial charge in [-0.3, -0.25) is 0 Å². The van der Waals surface area contributed by atoms with Gasteiger partial charge in [0.2, 0.25) is 0 Å². The van der Waals surface area contributed by atoms with Crippen molar-refractivity contribution in [1.29, 1.82) is 0 Å². The van der Waals surface area contributed by atoms with Gasteiger partial charge in [0.15, 0.2) is 5.11 Å². The summed E-state index contributed by atoms with van der Waals surface area (Å²) in [7, 11) is 0. The van der Waals surface area contributed by atoms with Gasteiger partial charge in [-0.05, 0) is 86.7 Å². The van der Waals surface area contributed by atoms with E-state index in [1.54, 1.807) is 24.3 Å². The maximum atomic E-state index is 8.63. The Morgan fingerprint density at radius 3 is 1.45 bits per heavy atom. The van der Waals surface area contributed by atoms with Crippen molar-refractivity contribution in [3.63, 3.8) is 0 Å². The first kappa shape index (κ1) is 22.0. The van der Waals surface area contributed by atoms with E-state index in [0.29, 0.717) is 24.1 Å². The lowest BCUT2D eigenvalue weighted by Crippen LogP contribution is -2.18. The first-order valence-electron chi connectivity index (χ1n) is 9.38. The van der Waals surface area contributed by atoms with Crippen LogP contribution in [-0.4, -0.2) is 23.4 Å². The Morgan fingerprint density at radius 1 is 0.724 bits per heavy atom. The van der Waals surface area contributed by atoms with Crippen LogP contribution in [0.3, 0.4) is 0 Å². The molecular formula is C23H26N2O3S. The summed E-state index contributed by atoms with van der Waals surface area (Å²) < 4.78 is 10.8. The molecule has 3 aromatic carbocycles. The van der Waals surface area contributed by atoms with Crippen LogP contribution in [-0.2, 0) is 0 Å². The molecule has 29 heavy (non-hydrogen) atoms. The number of hydrogen-bond donors (Lipinski definition) is 3. The Hall–Kier alpha value is -3.25. The first-order valence-corrected chi connectivity index (χ1v) is 9.79. The van der Waals surface area contributed by atoms with Gasteiger partial charge in [0.1, 0.15) is 17.2 Å². The second kappa shape index (κ2) is 12.3. The van der Waals surface area contributed by atoms with E-state index in [9.17, 15) is 0 Å². The van der Waals surface area contributed by atoms with Crippen LogP contribution < -0.4 is 20.1 Å². The Morgan fingerprint density at radius 2 is 1.14 bits per heavy atom. The Kier molecular flexibility index (Phi) is 9.32. The fraction of sp³-hybridized carbons (Fsp3) is 0.174. The standard InChI is InChI=1S/C17H20N2O2S.C6H6O/c1-3-20-15-9-5-13(6-10-15)18-17(22)19-14-7-11-16(12-8-14)21-4-2;7-6-4-2-1-3-5-6/h5-12H,3-4H2,1-2H3,(H2,18,19,22);1-5,7H. The monoisotopic (exact) mass is 410 g/mol. The smallest absolute Gasteiger partial charge is 0.175 e. The van der Waals surface area contributed by atoms with E-state index in [-0.39, 0.29) is 0 Å². The molecule has 0 aromatic heterocycles. The fourth-order valence-electron chi connectivity index (χ4n) is 2.32. The molecule has 6 heteroatoms. The molecule has 0 atom stereocenters. The van der Waals surface area contributed by atoms with Gasteiger partial charge in [-0.15, -0.1) is 0 Å². The average Bonchev–Trinajstić information content (AvgIpc) is 2.72. The summed E-state index contributed by atoms with van der Waals surface area (Å²) in [5.74, 6) is 2.01. The summed E-state index contributed by atoms with van der Waals surface area (Å²) >= 11 is 5.30. The van der Waals surface area contributed by atoms with Gasteiger partial charge >= 0.3 is 0 Å². The van der Waals surface area contributed by atoms with Gasteiger partial charge in [0.25, 0.3) is 0 Å². The molecule has 0 aliphatic rings. The summed E-state index contributed by atoms with van der Waals surface area (Å²) in [5, 5.41) is 15.4. The van der Waals surface area contributed by atoms with Crippen molar-refractivity contribution in [2.45, 2.75) is 13.8 Å². The molecular weight excluding hydrogens is 384 g/mol. The Labute approximate surface area is 177 Å². The third-order valence-corrected chi connectivity index (χ3v) is 3.81. The Balaban J connectivity index is 0.000000360. The van der Waals surface area contributed by atoms with Crippen LogP contribution in [0.5, 0.6) is 17.2 Å². The number of aromatic hydroxyl groups is 1. The van der Waals surface area contributed by atoms with Crippen LogP contribution in [0.1, 0.15) is 13.8 Å². The third kappa shape index (κ3) is 8.53. The fourth-order valence-corrected chi connectivity index (χ4v) is 2.56. The van der Waals surface area contributed by atoms with E-state index in [0.717, 1.165) is 22.9 Å². The average molecular weight is 411 g/mol.